The Hall–Kier alpha value is -2.13. The van der Waals surface area contributed by atoms with Crippen molar-refractivity contribution in [2.45, 2.75) is 26.3 Å². The Morgan fingerprint density at radius 2 is 2.00 bits per heavy atom. The molecule has 0 saturated carbocycles. The van der Waals surface area contributed by atoms with Gasteiger partial charge in [-0.15, -0.1) is 0 Å². The molecule has 0 bridgehead atoms. The van der Waals surface area contributed by atoms with Gasteiger partial charge in [-0.1, -0.05) is 13.8 Å². The highest BCUT2D eigenvalue weighted by Gasteiger charge is 2.39. The molecular formula is C16H22N2O6S. The molecule has 138 valence electrons. The van der Waals surface area contributed by atoms with E-state index in [-0.39, 0.29) is 23.0 Å². The Balaban J connectivity index is 2.26. The number of carboxylic acid groups (broad SMARTS) is 1. The van der Waals surface area contributed by atoms with Crippen molar-refractivity contribution in [2.24, 2.45) is 5.92 Å². The van der Waals surface area contributed by atoms with Gasteiger partial charge in [-0.3, -0.25) is 4.79 Å². The molecule has 1 aromatic rings. The van der Waals surface area contributed by atoms with Crippen molar-refractivity contribution in [1.82, 2.24) is 4.31 Å². The zero-order chi connectivity index (χ0) is 18.8. The maximum atomic E-state index is 12.7. The molecule has 1 saturated heterocycles. The van der Waals surface area contributed by atoms with Crippen molar-refractivity contribution in [2.75, 3.05) is 24.7 Å². The van der Waals surface area contributed by atoms with Crippen LogP contribution >= 0.6 is 0 Å². The number of carbonyl (C=O) groups excluding carboxylic acids is 1. The number of sulfonamides is 1. The molecule has 1 heterocycles. The molecule has 1 aliphatic heterocycles. The molecule has 1 amide bonds. The van der Waals surface area contributed by atoms with Crippen molar-refractivity contribution >= 4 is 27.6 Å². The third-order valence-electron chi connectivity index (χ3n) is 4.05. The highest BCUT2D eigenvalue weighted by Crippen LogP contribution is 2.26. The van der Waals surface area contributed by atoms with E-state index in [4.69, 9.17) is 9.84 Å². The maximum absolute atomic E-state index is 12.7. The molecule has 1 aliphatic rings. The zero-order valence-electron chi connectivity index (χ0n) is 14.4. The number of anilines is 1. The summed E-state index contributed by atoms with van der Waals surface area (Å²) in [6.07, 6.45) is 0.500. The summed E-state index contributed by atoms with van der Waals surface area (Å²) in [4.78, 5) is 23.8. The number of amides is 1. The van der Waals surface area contributed by atoms with Gasteiger partial charge in [0.05, 0.1) is 12.9 Å². The number of nitrogens with zero attached hydrogens (tertiary/aromatic N) is 1. The van der Waals surface area contributed by atoms with Gasteiger partial charge in [0, 0.05) is 18.3 Å². The number of hydrogen-bond acceptors (Lipinski definition) is 5. The fourth-order valence-corrected chi connectivity index (χ4v) is 4.72. The summed E-state index contributed by atoms with van der Waals surface area (Å²) in [5.41, 5.74) is 0.317. The van der Waals surface area contributed by atoms with Crippen molar-refractivity contribution in [3.05, 3.63) is 23.8 Å². The second kappa shape index (κ2) is 7.40. The van der Waals surface area contributed by atoms with Gasteiger partial charge in [-0.2, -0.15) is 4.31 Å². The number of nitrogens with one attached hydrogen (secondary N) is 1. The molecule has 9 heteroatoms. The summed E-state index contributed by atoms with van der Waals surface area (Å²) < 4.78 is 30.6. The van der Waals surface area contributed by atoms with Crippen molar-refractivity contribution in [3.8, 4) is 5.75 Å². The van der Waals surface area contributed by atoms with E-state index in [1.807, 2.05) is 0 Å². The smallest absolute Gasteiger partial charge is 0.339 e. The minimum atomic E-state index is -3.43. The van der Waals surface area contributed by atoms with Gasteiger partial charge in [0.15, 0.2) is 0 Å². The first kappa shape index (κ1) is 19.2. The molecule has 1 aromatic carbocycles. The number of benzene rings is 1. The van der Waals surface area contributed by atoms with Crippen LogP contribution in [0.15, 0.2) is 18.2 Å². The average Bonchev–Trinajstić information content (AvgIpc) is 2.86. The minimum absolute atomic E-state index is 0.0250. The SMILES string of the molecule is COc1cc(NC(=O)C(C(C)C)N2CCCS2(=O)=O)ccc1C(=O)O. The number of methoxy groups -OCH3 is 1. The molecule has 2 N–H and O–H groups in total. The number of carbonyl (C=O) groups is 2. The standard InChI is InChI=1S/C16H22N2O6S/c1-10(2)14(18-7-4-8-25(18,22)23)15(19)17-11-5-6-12(16(20)21)13(9-11)24-3/h5-6,9-10,14H,4,7-8H2,1-3H3,(H,17,19)(H,20,21). The van der Waals surface area contributed by atoms with E-state index in [1.165, 1.54) is 29.6 Å². The summed E-state index contributed by atoms with van der Waals surface area (Å²) in [5.74, 6) is -1.65. The summed E-state index contributed by atoms with van der Waals surface area (Å²) in [5, 5.41) is 11.8. The maximum Gasteiger partial charge on any atom is 0.339 e. The third kappa shape index (κ3) is 4.10. The normalized spacial score (nSPS) is 18.1. The van der Waals surface area contributed by atoms with E-state index in [0.717, 1.165) is 0 Å². The van der Waals surface area contributed by atoms with Gasteiger partial charge in [0.1, 0.15) is 17.4 Å². The predicted molar refractivity (Wildman–Crippen MR) is 92.3 cm³/mol. The number of ether oxygens (including phenoxy) is 1. The molecule has 2 rings (SSSR count). The molecule has 0 aromatic heterocycles. The lowest BCUT2D eigenvalue weighted by molar-refractivity contribution is -0.120. The Kier molecular flexibility index (Phi) is 5.69. The second-order valence-corrected chi connectivity index (χ2v) is 8.22. The number of rotatable bonds is 6. The zero-order valence-corrected chi connectivity index (χ0v) is 15.2. The molecule has 8 nitrogen and oxygen atoms in total. The largest absolute Gasteiger partial charge is 0.496 e. The first-order chi connectivity index (χ1) is 11.7. The van der Waals surface area contributed by atoms with E-state index in [2.05, 4.69) is 5.32 Å². The third-order valence-corrected chi connectivity index (χ3v) is 5.98. The van der Waals surface area contributed by atoms with Crippen LogP contribution in [0.3, 0.4) is 0 Å². The molecule has 0 radical (unpaired) electrons. The van der Waals surface area contributed by atoms with Crippen molar-refractivity contribution in [3.63, 3.8) is 0 Å². The van der Waals surface area contributed by atoms with Gasteiger partial charge in [0.2, 0.25) is 15.9 Å². The average molecular weight is 370 g/mol. The first-order valence-corrected chi connectivity index (χ1v) is 9.50. The Morgan fingerprint density at radius 1 is 1.32 bits per heavy atom. The van der Waals surface area contributed by atoms with E-state index in [9.17, 15) is 18.0 Å². The Labute approximate surface area is 146 Å². The van der Waals surface area contributed by atoms with E-state index in [0.29, 0.717) is 18.7 Å². The summed E-state index contributed by atoms with van der Waals surface area (Å²) in [7, 11) is -2.09. The lowest BCUT2D eigenvalue weighted by Gasteiger charge is -2.28. The van der Waals surface area contributed by atoms with Crippen LogP contribution in [0, 0.1) is 5.92 Å². The van der Waals surface area contributed by atoms with Crippen LogP contribution in [0.5, 0.6) is 5.75 Å². The molecule has 0 aliphatic carbocycles. The Morgan fingerprint density at radius 3 is 2.48 bits per heavy atom. The molecule has 25 heavy (non-hydrogen) atoms. The highest BCUT2D eigenvalue weighted by atomic mass is 32.2. The van der Waals surface area contributed by atoms with Gasteiger partial charge in [0.25, 0.3) is 0 Å². The quantitative estimate of drug-likeness (QED) is 0.782. The fourth-order valence-electron chi connectivity index (χ4n) is 2.90. The number of carboxylic acids is 1. The van der Waals surface area contributed by atoms with Gasteiger partial charge in [-0.05, 0) is 24.5 Å². The van der Waals surface area contributed by atoms with Crippen LogP contribution in [0.25, 0.3) is 0 Å². The van der Waals surface area contributed by atoms with Crippen LogP contribution in [0.4, 0.5) is 5.69 Å². The van der Waals surface area contributed by atoms with Crippen LogP contribution in [-0.4, -0.2) is 55.2 Å². The summed E-state index contributed by atoms with van der Waals surface area (Å²) in [6.45, 7) is 3.89. The monoisotopic (exact) mass is 370 g/mol. The van der Waals surface area contributed by atoms with Gasteiger partial charge in [-0.25, -0.2) is 13.2 Å². The van der Waals surface area contributed by atoms with E-state index < -0.39 is 27.9 Å². The number of hydrogen-bond donors (Lipinski definition) is 2. The van der Waals surface area contributed by atoms with E-state index >= 15 is 0 Å². The fraction of sp³-hybridized carbons (Fsp3) is 0.500. The lowest BCUT2D eigenvalue weighted by atomic mass is 10.0. The molecular weight excluding hydrogens is 348 g/mol. The first-order valence-electron chi connectivity index (χ1n) is 7.89. The molecule has 1 unspecified atom stereocenters. The minimum Gasteiger partial charge on any atom is -0.496 e. The van der Waals surface area contributed by atoms with E-state index in [1.54, 1.807) is 13.8 Å². The summed E-state index contributed by atoms with van der Waals surface area (Å²) >= 11 is 0. The van der Waals surface area contributed by atoms with Crippen molar-refractivity contribution in [1.29, 1.82) is 0 Å². The second-order valence-electron chi connectivity index (χ2n) is 6.18. The van der Waals surface area contributed by atoms with Crippen molar-refractivity contribution < 1.29 is 27.9 Å². The van der Waals surface area contributed by atoms with Gasteiger partial charge < -0.3 is 15.2 Å². The Bertz CT molecular complexity index is 775. The van der Waals surface area contributed by atoms with Crippen LogP contribution in [0.2, 0.25) is 0 Å². The highest BCUT2D eigenvalue weighted by molar-refractivity contribution is 7.89. The van der Waals surface area contributed by atoms with Gasteiger partial charge >= 0.3 is 5.97 Å². The van der Waals surface area contributed by atoms with Crippen LogP contribution in [-0.2, 0) is 14.8 Å². The van der Waals surface area contributed by atoms with Crippen LogP contribution in [0.1, 0.15) is 30.6 Å². The molecule has 1 fully saturated rings. The summed E-state index contributed by atoms with van der Waals surface area (Å²) in [6, 6.07) is 3.35. The molecule has 1 atom stereocenters. The topological polar surface area (TPSA) is 113 Å². The molecule has 0 spiro atoms. The lowest BCUT2D eigenvalue weighted by Crippen LogP contribution is -2.48. The number of aromatic carboxylic acids is 1. The predicted octanol–water partition coefficient (Wildman–Crippen LogP) is 1.39. The van der Waals surface area contributed by atoms with Crippen LogP contribution < -0.4 is 10.1 Å².